The van der Waals surface area contributed by atoms with Crippen LogP contribution in [0.2, 0.25) is 5.02 Å². The van der Waals surface area contributed by atoms with E-state index in [9.17, 15) is 4.39 Å². The van der Waals surface area contributed by atoms with Gasteiger partial charge in [-0.05, 0) is 32.1 Å². The Balaban J connectivity index is 2.13. The van der Waals surface area contributed by atoms with Crippen LogP contribution in [-0.4, -0.2) is 20.6 Å². The van der Waals surface area contributed by atoms with Gasteiger partial charge in [0, 0.05) is 17.4 Å². The molecular weight excluding hydrogens is 330 g/mol. The second-order valence-corrected chi connectivity index (χ2v) is 8.00. The quantitative estimate of drug-likeness (QED) is 0.688. The molecule has 2 nitrogen and oxygen atoms in total. The van der Waals surface area contributed by atoms with Crippen molar-refractivity contribution in [2.75, 3.05) is 6.26 Å². The zero-order chi connectivity index (χ0) is 15.2. The predicted molar refractivity (Wildman–Crippen MR) is 89.1 cm³/mol. The summed E-state index contributed by atoms with van der Waals surface area (Å²) in [5.74, 6) is 0.375. The molecule has 114 valence electrons. The van der Waals surface area contributed by atoms with Crippen LogP contribution in [0.25, 0.3) is 11.0 Å². The third kappa shape index (κ3) is 2.66. The molecule has 0 spiro atoms. The van der Waals surface area contributed by atoms with Gasteiger partial charge in [0.2, 0.25) is 0 Å². The van der Waals surface area contributed by atoms with Gasteiger partial charge in [-0.2, -0.15) is 11.8 Å². The summed E-state index contributed by atoms with van der Waals surface area (Å²) in [5.41, 5.74) is 1.49. The largest absolute Gasteiger partial charge is 0.325 e. The fraction of sp³-hybridized carbons (Fsp3) is 0.533. The van der Waals surface area contributed by atoms with Gasteiger partial charge in [-0.15, -0.1) is 11.6 Å². The van der Waals surface area contributed by atoms with Crippen molar-refractivity contribution in [3.8, 4) is 0 Å². The molecule has 6 heteroatoms. The molecule has 21 heavy (non-hydrogen) atoms. The van der Waals surface area contributed by atoms with Crippen molar-refractivity contribution in [1.82, 2.24) is 9.55 Å². The molecule has 1 heterocycles. The van der Waals surface area contributed by atoms with Crippen molar-refractivity contribution in [1.29, 1.82) is 0 Å². The molecule has 0 amide bonds. The van der Waals surface area contributed by atoms with E-state index in [4.69, 9.17) is 23.2 Å². The fourth-order valence-corrected chi connectivity index (χ4v) is 4.17. The molecule has 0 radical (unpaired) electrons. The first kappa shape index (κ1) is 15.4. The van der Waals surface area contributed by atoms with E-state index in [0.29, 0.717) is 5.52 Å². The Morgan fingerprint density at radius 3 is 2.71 bits per heavy atom. The maximum Gasteiger partial charge on any atom is 0.144 e. The lowest BCUT2D eigenvalue weighted by atomic mass is 9.84. The lowest BCUT2D eigenvalue weighted by molar-refractivity contribution is 0.321. The standard InChI is InChI=1S/C15H17Cl2FN2S/c1-9(16)14-19-12-6-10(17)11(18)7-13(12)20(14)8-15(21-2)4-3-5-15/h6-7,9H,3-5,8H2,1-2H3. The van der Waals surface area contributed by atoms with Crippen LogP contribution in [0, 0.1) is 5.82 Å². The summed E-state index contributed by atoms with van der Waals surface area (Å²) in [7, 11) is 0. The summed E-state index contributed by atoms with van der Waals surface area (Å²) in [4.78, 5) is 4.56. The van der Waals surface area contributed by atoms with Crippen LogP contribution in [0.1, 0.15) is 37.4 Å². The highest BCUT2D eigenvalue weighted by molar-refractivity contribution is 8.00. The highest BCUT2D eigenvalue weighted by Gasteiger charge is 2.37. The Morgan fingerprint density at radius 2 is 2.19 bits per heavy atom. The Labute approximate surface area is 138 Å². The molecule has 1 fully saturated rings. The lowest BCUT2D eigenvalue weighted by Gasteiger charge is -2.41. The monoisotopic (exact) mass is 346 g/mol. The van der Waals surface area contributed by atoms with Crippen molar-refractivity contribution in [2.45, 2.75) is 42.9 Å². The van der Waals surface area contributed by atoms with E-state index in [1.165, 1.54) is 25.3 Å². The maximum atomic E-state index is 13.8. The number of alkyl halides is 1. The Kier molecular flexibility index (Phi) is 4.15. The molecule has 1 aromatic carbocycles. The van der Waals surface area contributed by atoms with E-state index in [1.807, 2.05) is 18.7 Å². The topological polar surface area (TPSA) is 17.8 Å². The van der Waals surface area contributed by atoms with Gasteiger partial charge in [-0.1, -0.05) is 18.0 Å². The zero-order valence-corrected chi connectivity index (χ0v) is 14.3. The molecule has 3 rings (SSSR count). The van der Waals surface area contributed by atoms with Gasteiger partial charge in [0.25, 0.3) is 0 Å². The molecule has 1 aliphatic carbocycles. The Morgan fingerprint density at radius 1 is 1.48 bits per heavy atom. The minimum atomic E-state index is -0.411. The highest BCUT2D eigenvalue weighted by Crippen LogP contribution is 2.45. The summed E-state index contributed by atoms with van der Waals surface area (Å²) in [6.45, 7) is 2.71. The van der Waals surface area contributed by atoms with Crippen LogP contribution in [0.4, 0.5) is 4.39 Å². The molecular formula is C15H17Cl2FN2S. The third-order valence-electron chi connectivity index (χ3n) is 4.32. The molecule has 0 saturated heterocycles. The van der Waals surface area contributed by atoms with E-state index in [-0.39, 0.29) is 15.1 Å². The number of hydrogen-bond acceptors (Lipinski definition) is 2. The number of aromatic nitrogens is 2. The van der Waals surface area contributed by atoms with Crippen molar-refractivity contribution in [3.05, 3.63) is 28.8 Å². The number of rotatable bonds is 4. The van der Waals surface area contributed by atoms with Gasteiger partial charge in [0.1, 0.15) is 11.6 Å². The first-order valence-electron chi connectivity index (χ1n) is 7.00. The van der Waals surface area contributed by atoms with Crippen LogP contribution in [0.5, 0.6) is 0 Å². The first-order chi connectivity index (χ1) is 9.96. The van der Waals surface area contributed by atoms with Crippen LogP contribution in [0.15, 0.2) is 12.1 Å². The summed E-state index contributed by atoms with van der Waals surface area (Å²) < 4.78 is 16.1. The van der Waals surface area contributed by atoms with Crippen LogP contribution in [-0.2, 0) is 6.54 Å². The summed E-state index contributed by atoms with van der Waals surface area (Å²) in [5, 5.41) is -0.123. The number of imidazole rings is 1. The normalized spacial score (nSPS) is 18.7. The van der Waals surface area contributed by atoms with Crippen LogP contribution < -0.4 is 0 Å². The van der Waals surface area contributed by atoms with Gasteiger partial charge < -0.3 is 4.57 Å². The minimum Gasteiger partial charge on any atom is -0.325 e. The fourth-order valence-electron chi connectivity index (χ4n) is 2.89. The Hall–Kier alpha value is -0.450. The number of benzene rings is 1. The molecule has 0 bridgehead atoms. The van der Waals surface area contributed by atoms with Gasteiger partial charge in [-0.3, -0.25) is 0 Å². The molecule has 1 aromatic heterocycles. The molecule has 0 N–H and O–H groups in total. The minimum absolute atomic E-state index is 0.101. The first-order valence-corrected chi connectivity index (χ1v) is 9.04. The third-order valence-corrected chi connectivity index (χ3v) is 6.21. The van der Waals surface area contributed by atoms with Crippen molar-refractivity contribution < 1.29 is 4.39 Å². The van der Waals surface area contributed by atoms with E-state index < -0.39 is 5.82 Å². The average molecular weight is 347 g/mol. The number of nitrogens with zero attached hydrogens (tertiary/aromatic N) is 2. The van der Waals surface area contributed by atoms with E-state index in [1.54, 1.807) is 6.07 Å². The molecule has 1 saturated carbocycles. The summed E-state index contributed by atoms with van der Waals surface area (Å²) >= 11 is 14.0. The second kappa shape index (κ2) is 5.64. The van der Waals surface area contributed by atoms with Gasteiger partial charge >= 0.3 is 0 Å². The summed E-state index contributed by atoms with van der Waals surface area (Å²) in [6.07, 6.45) is 5.75. The lowest BCUT2D eigenvalue weighted by Crippen LogP contribution is -2.38. The second-order valence-electron chi connectivity index (χ2n) is 5.67. The number of halogens is 3. The number of hydrogen-bond donors (Lipinski definition) is 0. The number of fused-ring (bicyclic) bond motifs is 1. The van der Waals surface area contributed by atoms with Crippen molar-refractivity contribution >= 4 is 46.0 Å². The molecule has 1 aliphatic rings. The highest BCUT2D eigenvalue weighted by atomic mass is 35.5. The van der Waals surface area contributed by atoms with Crippen LogP contribution >= 0.6 is 35.0 Å². The number of thioether (sulfide) groups is 1. The van der Waals surface area contributed by atoms with E-state index in [0.717, 1.165) is 17.9 Å². The van der Waals surface area contributed by atoms with Crippen molar-refractivity contribution in [3.63, 3.8) is 0 Å². The Bertz CT molecular complexity index is 674. The van der Waals surface area contributed by atoms with Gasteiger partial charge in [0.15, 0.2) is 0 Å². The molecule has 0 aliphatic heterocycles. The SMILES string of the molecule is CSC1(Cn2c(C(C)Cl)nc3cc(Cl)c(F)cc32)CCC1. The molecule has 1 atom stereocenters. The van der Waals surface area contributed by atoms with E-state index >= 15 is 0 Å². The van der Waals surface area contributed by atoms with Gasteiger partial charge in [0.05, 0.1) is 21.4 Å². The van der Waals surface area contributed by atoms with Crippen molar-refractivity contribution in [2.24, 2.45) is 0 Å². The molecule has 2 aromatic rings. The smallest absolute Gasteiger partial charge is 0.144 e. The van der Waals surface area contributed by atoms with E-state index in [2.05, 4.69) is 15.8 Å². The predicted octanol–water partition coefficient (Wildman–Crippen LogP) is 5.41. The molecule has 1 unspecified atom stereocenters. The zero-order valence-electron chi connectivity index (χ0n) is 12.0. The maximum absolute atomic E-state index is 13.8. The van der Waals surface area contributed by atoms with Gasteiger partial charge in [-0.25, -0.2) is 9.37 Å². The average Bonchev–Trinajstić information content (AvgIpc) is 2.73. The van der Waals surface area contributed by atoms with Crippen LogP contribution in [0.3, 0.4) is 0 Å². The summed E-state index contributed by atoms with van der Waals surface area (Å²) in [6, 6.07) is 3.05.